The van der Waals surface area contributed by atoms with Crippen LogP contribution in [0.25, 0.3) is 0 Å². The second-order valence-corrected chi connectivity index (χ2v) is 7.42. The molecule has 0 spiro atoms. The van der Waals surface area contributed by atoms with Gasteiger partial charge in [0.25, 0.3) is 0 Å². The molecule has 2 aliphatic heterocycles. The van der Waals surface area contributed by atoms with Crippen LogP contribution in [0.2, 0.25) is 0 Å². The summed E-state index contributed by atoms with van der Waals surface area (Å²) in [5.74, 6) is -0.546. The number of hydrogen-bond donors (Lipinski definition) is 1. The van der Waals surface area contributed by atoms with Gasteiger partial charge in [-0.2, -0.15) is 0 Å². The fourth-order valence-corrected chi connectivity index (χ4v) is 4.64. The van der Waals surface area contributed by atoms with Crippen LogP contribution in [0, 0.1) is 5.41 Å². The van der Waals surface area contributed by atoms with Crippen molar-refractivity contribution in [3.63, 3.8) is 0 Å². The predicted molar refractivity (Wildman–Crippen MR) is 83.4 cm³/mol. The second kappa shape index (κ2) is 6.66. The topological polar surface area (TPSA) is 43.8 Å². The highest BCUT2D eigenvalue weighted by atomic mass is 16.4. The van der Waals surface area contributed by atoms with Crippen molar-refractivity contribution in [1.29, 1.82) is 0 Å². The first kappa shape index (κ1) is 15.3. The van der Waals surface area contributed by atoms with Crippen molar-refractivity contribution in [2.45, 2.75) is 63.8 Å². The highest BCUT2D eigenvalue weighted by Gasteiger charge is 2.41. The van der Waals surface area contributed by atoms with Gasteiger partial charge >= 0.3 is 5.97 Å². The van der Waals surface area contributed by atoms with Crippen LogP contribution in [0.4, 0.5) is 0 Å². The van der Waals surface area contributed by atoms with Crippen molar-refractivity contribution in [2.75, 3.05) is 32.7 Å². The van der Waals surface area contributed by atoms with Crippen LogP contribution in [0.1, 0.15) is 57.8 Å². The number of piperazine rings is 1. The molecule has 0 amide bonds. The van der Waals surface area contributed by atoms with E-state index in [0.29, 0.717) is 6.04 Å². The summed E-state index contributed by atoms with van der Waals surface area (Å²) in [7, 11) is 0. The number of rotatable bonds is 3. The summed E-state index contributed by atoms with van der Waals surface area (Å²) in [5, 5.41) is 9.84. The van der Waals surface area contributed by atoms with Gasteiger partial charge in [0.2, 0.25) is 0 Å². The third-order valence-corrected chi connectivity index (χ3v) is 5.96. The highest BCUT2D eigenvalue weighted by Crippen LogP contribution is 2.37. The van der Waals surface area contributed by atoms with Crippen molar-refractivity contribution in [3.05, 3.63) is 0 Å². The summed E-state index contributed by atoms with van der Waals surface area (Å²) in [6.07, 6.45) is 10.4. The molecule has 0 aromatic heterocycles. The van der Waals surface area contributed by atoms with Crippen molar-refractivity contribution < 1.29 is 9.90 Å². The van der Waals surface area contributed by atoms with E-state index in [0.717, 1.165) is 51.9 Å². The minimum absolute atomic E-state index is 0.465. The molecule has 120 valence electrons. The first-order valence-electron chi connectivity index (χ1n) is 8.89. The lowest BCUT2D eigenvalue weighted by Crippen LogP contribution is -2.57. The molecule has 1 N–H and O–H groups in total. The SMILES string of the molecule is O=C(O)C1(CN2CCN3CCCCC3C2)CCCCCC1. The quantitative estimate of drug-likeness (QED) is 0.813. The maximum atomic E-state index is 11.9. The molecule has 0 aromatic rings. The number of carbonyl (C=O) groups is 1. The van der Waals surface area contributed by atoms with E-state index in [4.69, 9.17) is 0 Å². The van der Waals surface area contributed by atoms with Crippen LogP contribution in [0.3, 0.4) is 0 Å². The Morgan fingerprint density at radius 2 is 1.76 bits per heavy atom. The Morgan fingerprint density at radius 1 is 1.00 bits per heavy atom. The number of fused-ring (bicyclic) bond motifs is 1. The molecule has 4 nitrogen and oxygen atoms in total. The normalized spacial score (nSPS) is 31.3. The number of carboxylic acid groups (broad SMARTS) is 1. The fraction of sp³-hybridized carbons (Fsp3) is 0.941. The molecule has 2 heterocycles. The molecule has 1 atom stereocenters. The Balaban J connectivity index is 1.64. The lowest BCUT2D eigenvalue weighted by molar-refractivity contribution is -0.152. The monoisotopic (exact) mass is 294 g/mol. The van der Waals surface area contributed by atoms with Crippen molar-refractivity contribution in [2.24, 2.45) is 5.41 Å². The standard InChI is InChI=1S/C17H30N2O2/c20-16(21)17(8-4-1-2-5-9-17)14-18-11-12-19-10-6-3-7-15(19)13-18/h15H,1-14H2,(H,20,21). The molecule has 3 rings (SSSR count). The first-order chi connectivity index (χ1) is 10.2. The molecule has 21 heavy (non-hydrogen) atoms. The molecule has 1 saturated carbocycles. The number of hydrogen-bond acceptors (Lipinski definition) is 3. The Kier molecular flexibility index (Phi) is 4.85. The van der Waals surface area contributed by atoms with Gasteiger partial charge < -0.3 is 5.11 Å². The van der Waals surface area contributed by atoms with E-state index in [1.165, 1.54) is 38.6 Å². The van der Waals surface area contributed by atoms with E-state index in [-0.39, 0.29) is 0 Å². The van der Waals surface area contributed by atoms with E-state index in [2.05, 4.69) is 9.80 Å². The molecule has 0 bridgehead atoms. The molecule has 3 aliphatic rings. The molecule has 2 saturated heterocycles. The smallest absolute Gasteiger partial charge is 0.310 e. The molecule has 0 radical (unpaired) electrons. The third kappa shape index (κ3) is 3.42. The van der Waals surface area contributed by atoms with Crippen molar-refractivity contribution in [3.8, 4) is 0 Å². The zero-order valence-electron chi connectivity index (χ0n) is 13.2. The molecule has 3 fully saturated rings. The molecular weight excluding hydrogens is 264 g/mol. The van der Waals surface area contributed by atoms with Crippen LogP contribution in [-0.2, 0) is 4.79 Å². The van der Waals surface area contributed by atoms with Gasteiger partial charge in [0.05, 0.1) is 5.41 Å². The van der Waals surface area contributed by atoms with E-state index in [1.54, 1.807) is 0 Å². The number of carboxylic acids is 1. The molecular formula is C17H30N2O2. The Morgan fingerprint density at radius 3 is 2.48 bits per heavy atom. The minimum atomic E-state index is -0.546. The zero-order chi connectivity index (χ0) is 14.7. The predicted octanol–water partition coefficient (Wildman–Crippen LogP) is 2.58. The summed E-state index contributed by atoms with van der Waals surface area (Å²) in [6, 6.07) is 0.684. The van der Waals surface area contributed by atoms with Gasteiger partial charge in [0.15, 0.2) is 0 Å². The van der Waals surface area contributed by atoms with E-state index in [1.807, 2.05) is 0 Å². The van der Waals surface area contributed by atoms with Crippen molar-refractivity contribution in [1.82, 2.24) is 9.80 Å². The van der Waals surface area contributed by atoms with Gasteiger partial charge in [-0.25, -0.2) is 0 Å². The lowest BCUT2D eigenvalue weighted by atomic mass is 9.79. The second-order valence-electron chi connectivity index (χ2n) is 7.42. The number of aliphatic carboxylic acids is 1. The highest BCUT2D eigenvalue weighted by molar-refractivity contribution is 5.75. The molecule has 1 unspecified atom stereocenters. The first-order valence-corrected chi connectivity index (χ1v) is 8.89. The minimum Gasteiger partial charge on any atom is -0.481 e. The summed E-state index contributed by atoms with van der Waals surface area (Å²) in [6.45, 7) is 5.33. The van der Waals surface area contributed by atoms with Gasteiger partial charge in [-0.05, 0) is 32.2 Å². The average Bonchev–Trinajstić information content (AvgIpc) is 2.74. The zero-order valence-corrected chi connectivity index (χ0v) is 13.2. The van der Waals surface area contributed by atoms with Gasteiger partial charge in [-0.3, -0.25) is 14.6 Å². The van der Waals surface area contributed by atoms with Gasteiger partial charge in [0.1, 0.15) is 0 Å². The Labute approximate surface area is 128 Å². The maximum absolute atomic E-state index is 11.9. The van der Waals surface area contributed by atoms with Gasteiger partial charge in [-0.1, -0.05) is 32.1 Å². The van der Waals surface area contributed by atoms with Crippen LogP contribution in [-0.4, -0.2) is 59.6 Å². The number of nitrogens with zero attached hydrogens (tertiary/aromatic N) is 2. The van der Waals surface area contributed by atoms with Gasteiger partial charge in [-0.15, -0.1) is 0 Å². The largest absolute Gasteiger partial charge is 0.481 e. The van der Waals surface area contributed by atoms with Crippen LogP contribution < -0.4 is 0 Å². The lowest BCUT2D eigenvalue weighted by Gasteiger charge is -2.46. The van der Waals surface area contributed by atoms with Gasteiger partial charge in [0, 0.05) is 32.2 Å². The van der Waals surface area contributed by atoms with Crippen LogP contribution >= 0.6 is 0 Å². The maximum Gasteiger partial charge on any atom is 0.310 e. The third-order valence-electron chi connectivity index (χ3n) is 5.96. The van der Waals surface area contributed by atoms with Crippen LogP contribution in [0.15, 0.2) is 0 Å². The molecule has 1 aliphatic carbocycles. The molecule has 0 aromatic carbocycles. The van der Waals surface area contributed by atoms with Crippen molar-refractivity contribution >= 4 is 5.97 Å². The summed E-state index contributed by atoms with van der Waals surface area (Å²) >= 11 is 0. The van der Waals surface area contributed by atoms with Crippen LogP contribution in [0.5, 0.6) is 0 Å². The fourth-order valence-electron chi connectivity index (χ4n) is 4.64. The Hall–Kier alpha value is -0.610. The Bertz CT molecular complexity index is 364. The summed E-state index contributed by atoms with van der Waals surface area (Å²) < 4.78 is 0. The van der Waals surface area contributed by atoms with E-state index < -0.39 is 11.4 Å². The van der Waals surface area contributed by atoms with E-state index >= 15 is 0 Å². The summed E-state index contributed by atoms with van der Waals surface area (Å²) in [4.78, 5) is 17.0. The average molecular weight is 294 g/mol. The molecule has 4 heteroatoms. The number of piperidine rings is 1. The summed E-state index contributed by atoms with van der Waals surface area (Å²) in [5.41, 5.74) is -0.465. The van der Waals surface area contributed by atoms with E-state index in [9.17, 15) is 9.90 Å².